The molecule has 0 aliphatic carbocycles. The predicted octanol–water partition coefficient (Wildman–Crippen LogP) is 2.55. The average molecular weight is 357 g/mol. The lowest BCUT2D eigenvalue weighted by atomic mass is 10.1. The Hall–Kier alpha value is -1.14. The van der Waals surface area contributed by atoms with Crippen LogP contribution < -0.4 is 22.1 Å². The van der Waals surface area contributed by atoms with Crippen LogP contribution in [0.4, 0.5) is 0 Å². The fraction of sp³-hybridized carbons (Fsp3) is 0.895. The van der Waals surface area contributed by atoms with Gasteiger partial charge in [-0.15, -0.1) is 0 Å². The summed E-state index contributed by atoms with van der Waals surface area (Å²) in [6, 6.07) is 0. The van der Waals surface area contributed by atoms with E-state index in [2.05, 4.69) is 24.5 Å². The van der Waals surface area contributed by atoms with Crippen molar-refractivity contribution in [1.82, 2.24) is 10.6 Å². The molecule has 0 aromatic carbocycles. The van der Waals surface area contributed by atoms with Gasteiger partial charge in [0, 0.05) is 13.1 Å². The van der Waals surface area contributed by atoms with Crippen molar-refractivity contribution in [2.45, 2.75) is 96.6 Å². The second-order valence-corrected chi connectivity index (χ2v) is 6.92. The monoisotopic (exact) mass is 356 g/mol. The molecule has 0 rings (SSSR count). The Morgan fingerprint density at radius 2 is 0.960 bits per heavy atom. The Morgan fingerprint density at radius 1 is 0.640 bits per heavy atom. The van der Waals surface area contributed by atoms with E-state index in [-0.39, 0.29) is 0 Å². The van der Waals surface area contributed by atoms with Gasteiger partial charge in [0.1, 0.15) is 0 Å². The van der Waals surface area contributed by atoms with Crippen LogP contribution in [0.3, 0.4) is 0 Å². The van der Waals surface area contributed by atoms with E-state index in [9.17, 15) is 9.59 Å². The lowest BCUT2D eigenvalue weighted by Gasteiger charge is -2.22. The summed E-state index contributed by atoms with van der Waals surface area (Å²) in [7, 11) is 0. The molecule has 0 spiro atoms. The highest BCUT2D eigenvalue weighted by Crippen LogP contribution is 2.05. The number of hydrogen-bond donors (Lipinski definition) is 4. The second-order valence-electron chi connectivity index (χ2n) is 6.92. The zero-order chi connectivity index (χ0) is 19.0. The Balaban J connectivity index is 3.82. The Labute approximate surface area is 153 Å². The van der Waals surface area contributed by atoms with Gasteiger partial charge in [-0.1, -0.05) is 78.1 Å². The first-order valence-electron chi connectivity index (χ1n) is 10.1. The molecule has 0 atom stereocenters. The minimum Gasteiger partial charge on any atom is -0.353 e. The van der Waals surface area contributed by atoms with Crippen LogP contribution in [-0.4, -0.2) is 30.6 Å². The van der Waals surface area contributed by atoms with Gasteiger partial charge in [0.2, 0.25) is 5.66 Å². The molecule has 0 aromatic rings. The van der Waals surface area contributed by atoms with E-state index in [1.54, 1.807) is 0 Å². The van der Waals surface area contributed by atoms with E-state index < -0.39 is 17.5 Å². The molecule has 0 heterocycles. The van der Waals surface area contributed by atoms with Gasteiger partial charge in [-0.25, -0.2) is 0 Å². The topological polar surface area (TPSA) is 110 Å². The summed E-state index contributed by atoms with van der Waals surface area (Å²) < 4.78 is 0. The molecule has 0 fully saturated rings. The van der Waals surface area contributed by atoms with E-state index in [0.29, 0.717) is 13.1 Å². The molecule has 25 heavy (non-hydrogen) atoms. The van der Waals surface area contributed by atoms with Crippen LogP contribution in [0.5, 0.6) is 0 Å². The van der Waals surface area contributed by atoms with Crippen LogP contribution in [0.2, 0.25) is 0 Å². The Kier molecular flexibility index (Phi) is 14.5. The van der Waals surface area contributed by atoms with Crippen molar-refractivity contribution in [1.29, 1.82) is 0 Å². The third-order valence-corrected chi connectivity index (χ3v) is 4.38. The van der Waals surface area contributed by atoms with Gasteiger partial charge in [-0.05, 0) is 12.8 Å². The maximum atomic E-state index is 12.0. The predicted molar refractivity (Wildman–Crippen MR) is 104 cm³/mol. The molecular formula is C19H40N4O2. The van der Waals surface area contributed by atoms with E-state index in [4.69, 9.17) is 11.5 Å². The van der Waals surface area contributed by atoms with Crippen molar-refractivity contribution < 1.29 is 9.59 Å². The van der Waals surface area contributed by atoms with Gasteiger partial charge in [0.05, 0.1) is 0 Å². The van der Waals surface area contributed by atoms with Crippen molar-refractivity contribution in [3.63, 3.8) is 0 Å². The summed E-state index contributed by atoms with van der Waals surface area (Å²) in [4.78, 5) is 24.1. The number of amides is 2. The highest BCUT2D eigenvalue weighted by Gasteiger charge is 2.37. The number of carbonyl (C=O) groups is 2. The van der Waals surface area contributed by atoms with Crippen molar-refractivity contribution in [2.75, 3.05) is 13.1 Å². The van der Waals surface area contributed by atoms with Crippen molar-refractivity contribution in [2.24, 2.45) is 11.5 Å². The molecule has 2 amide bonds. The van der Waals surface area contributed by atoms with Gasteiger partial charge in [0.25, 0.3) is 11.8 Å². The number of nitrogens with two attached hydrogens (primary N) is 2. The molecule has 0 saturated heterocycles. The van der Waals surface area contributed by atoms with Gasteiger partial charge in [-0.3, -0.25) is 21.1 Å². The van der Waals surface area contributed by atoms with Gasteiger partial charge in [0.15, 0.2) is 0 Å². The molecule has 0 aromatic heterocycles. The van der Waals surface area contributed by atoms with Crippen LogP contribution in [0.15, 0.2) is 0 Å². The summed E-state index contributed by atoms with van der Waals surface area (Å²) in [5, 5.41) is 5.34. The van der Waals surface area contributed by atoms with Crippen LogP contribution in [0.25, 0.3) is 0 Å². The van der Waals surface area contributed by atoms with Gasteiger partial charge in [-0.2, -0.15) is 0 Å². The summed E-state index contributed by atoms with van der Waals surface area (Å²) in [6.07, 6.45) is 13.6. The first kappa shape index (κ1) is 23.9. The van der Waals surface area contributed by atoms with E-state index >= 15 is 0 Å². The minimum atomic E-state index is -2.00. The smallest absolute Gasteiger partial charge is 0.264 e. The molecule has 0 aliphatic rings. The van der Waals surface area contributed by atoms with Crippen LogP contribution in [-0.2, 0) is 9.59 Å². The third-order valence-electron chi connectivity index (χ3n) is 4.38. The standard InChI is InChI=1S/C19H40N4O2/c1-3-5-7-9-11-13-15-22-17(24)19(20,21)18(25)23-16-14-12-10-8-6-4-2/h3-16,20-21H2,1-2H3,(H,22,24)(H,23,25). The lowest BCUT2D eigenvalue weighted by molar-refractivity contribution is -0.137. The highest BCUT2D eigenvalue weighted by atomic mass is 16.2. The summed E-state index contributed by atoms with van der Waals surface area (Å²) in [5.41, 5.74) is 9.44. The summed E-state index contributed by atoms with van der Waals surface area (Å²) >= 11 is 0. The number of carbonyl (C=O) groups excluding carboxylic acids is 2. The van der Waals surface area contributed by atoms with Gasteiger partial charge < -0.3 is 10.6 Å². The maximum absolute atomic E-state index is 12.0. The number of nitrogens with one attached hydrogen (secondary N) is 2. The molecule has 6 N–H and O–H groups in total. The Bertz CT molecular complexity index is 327. The molecule has 0 bridgehead atoms. The molecule has 0 aliphatic heterocycles. The number of hydrogen-bond acceptors (Lipinski definition) is 4. The summed E-state index contributed by atoms with van der Waals surface area (Å²) in [5.74, 6) is -1.22. The lowest BCUT2D eigenvalue weighted by Crippen LogP contribution is -2.69. The number of rotatable bonds is 16. The van der Waals surface area contributed by atoms with Crippen LogP contribution in [0.1, 0.15) is 90.9 Å². The van der Waals surface area contributed by atoms with Crippen molar-refractivity contribution in [3.05, 3.63) is 0 Å². The molecule has 6 nitrogen and oxygen atoms in total. The van der Waals surface area contributed by atoms with E-state index in [0.717, 1.165) is 25.7 Å². The highest BCUT2D eigenvalue weighted by molar-refractivity contribution is 6.08. The molecule has 0 radical (unpaired) electrons. The van der Waals surface area contributed by atoms with E-state index in [1.807, 2.05) is 0 Å². The average Bonchev–Trinajstić information content (AvgIpc) is 2.59. The Morgan fingerprint density at radius 3 is 1.32 bits per heavy atom. The van der Waals surface area contributed by atoms with Crippen LogP contribution in [0, 0.1) is 0 Å². The maximum Gasteiger partial charge on any atom is 0.264 e. The number of unbranched alkanes of at least 4 members (excludes halogenated alkanes) is 10. The normalized spacial score (nSPS) is 11.4. The second kappa shape index (κ2) is 15.1. The molecular weight excluding hydrogens is 316 g/mol. The fourth-order valence-electron chi connectivity index (χ4n) is 2.61. The fourth-order valence-corrected chi connectivity index (χ4v) is 2.61. The largest absolute Gasteiger partial charge is 0.353 e. The van der Waals surface area contributed by atoms with Gasteiger partial charge >= 0.3 is 0 Å². The SMILES string of the molecule is CCCCCCCCNC(=O)C(N)(N)C(=O)NCCCCCCCC. The van der Waals surface area contributed by atoms with Crippen molar-refractivity contribution >= 4 is 11.8 Å². The minimum absolute atomic E-state index is 0.506. The zero-order valence-corrected chi connectivity index (χ0v) is 16.4. The molecule has 148 valence electrons. The zero-order valence-electron chi connectivity index (χ0n) is 16.4. The first-order valence-corrected chi connectivity index (χ1v) is 10.1. The van der Waals surface area contributed by atoms with E-state index in [1.165, 1.54) is 51.4 Å². The summed E-state index contributed by atoms with van der Waals surface area (Å²) in [6.45, 7) is 5.37. The quantitative estimate of drug-likeness (QED) is 0.193. The first-order chi connectivity index (χ1) is 12.0. The van der Waals surface area contributed by atoms with Crippen LogP contribution >= 0.6 is 0 Å². The third kappa shape index (κ3) is 11.9. The van der Waals surface area contributed by atoms with Crippen molar-refractivity contribution in [3.8, 4) is 0 Å². The molecule has 6 heteroatoms. The molecule has 0 unspecified atom stereocenters. The molecule has 0 saturated carbocycles.